The van der Waals surface area contributed by atoms with Gasteiger partial charge in [0, 0.05) is 31.2 Å². The fraction of sp³-hybridized carbons (Fsp3) is 0.478. The SMILES string of the molecule is NC(=O)c1nc[nH]c1C(=O)N(CC1CCCO1)C1CCC(C(=O)Nc2cc(F)c(F)cc2Cl)CC1. The summed E-state index contributed by atoms with van der Waals surface area (Å²) in [6.45, 7) is 0.977. The predicted molar refractivity (Wildman–Crippen MR) is 123 cm³/mol. The average molecular weight is 510 g/mol. The number of aromatic nitrogens is 2. The Balaban J connectivity index is 1.44. The molecule has 0 spiro atoms. The highest BCUT2D eigenvalue weighted by Crippen LogP contribution is 2.32. The number of carbonyl (C=O) groups is 3. The number of aromatic amines is 1. The van der Waals surface area contributed by atoms with E-state index in [1.165, 1.54) is 6.33 Å². The molecule has 1 saturated carbocycles. The van der Waals surface area contributed by atoms with Crippen LogP contribution in [0.3, 0.4) is 0 Å². The van der Waals surface area contributed by atoms with Crippen molar-refractivity contribution in [1.82, 2.24) is 14.9 Å². The number of amides is 3. The van der Waals surface area contributed by atoms with Gasteiger partial charge < -0.3 is 25.7 Å². The van der Waals surface area contributed by atoms with E-state index in [4.69, 9.17) is 22.1 Å². The minimum absolute atomic E-state index is 0.00565. The molecular formula is C23H26ClF2N5O4. The first kappa shape index (κ1) is 25.1. The summed E-state index contributed by atoms with van der Waals surface area (Å²) >= 11 is 5.93. The van der Waals surface area contributed by atoms with Crippen LogP contribution in [0.5, 0.6) is 0 Å². The molecule has 0 radical (unpaired) electrons. The van der Waals surface area contributed by atoms with Crippen molar-refractivity contribution in [2.75, 3.05) is 18.5 Å². The number of halogens is 3. The van der Waals surface area contributed by atoms with Gasteiger partial charge in [-0.3, -0.25) is 14.4 Å². The normalized spacial score (nSPS) is 22.1. The van der Waals surface area contributed by atoms with Gasteiger partial charge in [-0.25, -0.2) is 13.8 Å². The Morgan fingerprint density at radius 1 is 1.17 bits per heavy atom. The number of nitrogens with zero attached hydrogens (tertiary/aromatic N) is 2. The number of imidazole rings is 1. The predicted octanol–water partition coefficient (Wildman–Crippen LogP) is 3.26. The van der Waals surface area contributed by atoms with Gasteiger partial charge in [-0.2, -0.15) is 0 Å². The minimum atomic E-state index is -1.11. The Bertz CT molecular complexity index is 1110. The Labute approximate surface area is 205 Å². The van der Waals surface area contributed by atoms with Crippen LogP contribution in [0, 0.1) is 17.6 Å². The molecule has 0 bridgehead atoms. The molecule has 188 valence electrons. The van der Waals surface area contributed by atoms with Gasteiger partial charge in [0.15, 0.2) is 17.3 Å². The van der Waals surface area contributed by atoms with E-state index in [2.05, 4.69) is 15.3 Å². The van der Waals surface area contributed by atoms with Crippen molar-refractivity contribution in [3.63, 3.8) is 0 Å². The topological polar surface area (TPSA) is 130 Å². The Kier molecular flexibility index (Phi) is 7.66. The molecule has 1 aromatic carbocycles. The number of nitrogens with two attached hydrogens (primary N) is 1. The zero-order valence-electron chi connectivity index (χ0n) is 18.9. The largest absolute Gasteiger partial charge is 0.376 e. The lowest BCUT2D eigenvalue weighted by molar-refractivity contribution is -0.121. The lowest BCUT2D eigenvalue weighted by Crippen LogP contribution is -2.47. The van der Waals surface area contributed by atoms with E-state index in [0.29, 0.717) is 38.8 Å². The number of benzene rings is 1. The maximum atomic E-state index is 13.6. The molecule has 12 heteroatoms. The summed E-state index contributed by atoms with van der Waals surface area (Å²) in [5.41, 5.74) is 5.28. The summed E-state index contributed by atoms with van der Waals surface area (Å²) in [5, 5.41) is 2.48. The highest BCUT2D eigenvalue weighted by molar-refractivity contribution is 6.33. The molecular weight excluding hydrogens is 484 g/mol. The summed E-state index contributed by atoms with van der Waals surface area (Å²) in [7, 11) is 0. The maximum absolute atomic E-state index is 13.6. The van der Waals surface area contributed by atoms with Crippen LogP contribution in [-0.4, -0.2) is 57.9 Å². The van der Waals surface area contributed by atoms with Crippen LogP contribution >= 0.6 is 11.6 Å². The average Bonchev–Trinajstić information content (AvgIpc) is 3.53. The van der Waals surface area contributed by atoms with Gasteiger partial charge in [0.05, 0.1) is 23.1 Å². The Morgan fingerprint density at radius 3 is 2.54 bits per heavy atom. The number of H-pyrrole nitrogens is 1. The van der Waals surface area contributed by atoms with Crippen LogP contribution in [0.4, 0.5) is 14.5 Å². The van der Waals surface area contributed by atoms with Crippen LogP contribution < -0.4 is 11.1 Å². The second-order valence-electron chi connectivity index (χ2n) is 8.82. The fourth-order valence-corrected chi connectivity index (χ4v) is 4.89. The van der Waals surface area contributed by atoms with Crippen molar-refractivity contribution in [2.45, 2.75) is 50.7 Å². The molecule has 2 fully saturated rings. The van der Waals surface area contributed by atoms with Crippen molar-refractivity contribution in [3.8, 4) is 0 Å². The third-order valence-electron chi connectivity index (χ3n) is 6.55. The van der Waals surface area contributed by atoms with Crippen molar-refractivity contribution >= 4 is 35.0 Å². The first-order chi connectivity index (χ1) is 16.7. The van der Waals surface area contributed by atoms with Crippen molar-refractivity contribution in [1.29, 1.82) is 0 Å². The van der Waals surface area contributed by atoms with Crippen molar-refractivity contribution < 1.29 is 27.9 Å². The standard InChI is InChI=1S/C23H26ClF2N5O4/c24-15-8-16(25)17(26)9-18(15)30-22(33)12-3-5-13(6-4-12)31(10-14-2-1-7-35-14)23(34)20-19(21(27)32)28-11-29-20/h8-9,11-14H,1-7,10H2,(H2,27,32)(H,28,29)(H,30,33). The lowest BCUT2D eigenvalue weighted by Gasteiger charge is -2.37. The van der Waals surface area contributed by atoms with Crippen molar-refractivity contribution in [3.05, 3.63) is 46.5 Å². The highest BCUT2D eigenvalue weighted by atomic mass is 35.5. The monoisotopic (exact) mass is 509 g/mol. The molecule has 1 saturated heterocycles. The molecule has 3 amide bonds. The molecule has 2 aliphatic rings. The molecule has 1 aromatic heterocycles. The summed E-state index contributed by atoms with van der Waals surface area (Å²) in [6.07, 6.45) is 4.87. The number of anilines is 1. The van der Waals surface area contributed by atoms with E-state index in [1.807, 2.05) is 0 Å². The van der Waals surface area contributed by atoms with Gasteiger partial charge in [-0.05, 0) is 44.6 Å². The van der Waals surface area contributed by atoms with E-state index < -0.39 is 23.4 Å². The summed E-state index contributed by atoms with van der Waals surface area (Å²) in [4.78, 5) is 46.1. The van der Waals surface area contributed by atoms with Gasteiger partial charge in [0.2, 0.25) is 5.91 Å². The maximum Gasteiger partial charge on any atom is 0.273 e. The Hall–Kier alpha value is -3.05. The summed E-state index contributed by atoms with van der Waals surface area (Å²) < 4.78 is 32.6. The first-order valence-electron chi connectivity index (χ1n) is 11.5. The number of primary amides is 1. The Morgan fingerprint density at radius 2 is 1.89 bits per heavy atom. The zero-order chi connectivity index (χ0) is 25.1. The van der Waals surface area contributed by atoms with Gasteiger partial charge in [-0.1, -0.05) is 11.6 Å². The second kappa shape index (κ2) is 10.7. The van der Waals surface area contributed by atoms with Crippen molar-refractivity contribution in [2.24, 2.45) is 11.7 Å². The number of hydrogen-bond acceptors (Lipinski definition) is 5. The van der Waals surface area contributed by atoms with E-state index in [0.717, 1.165) is 25.0 Å². The number of nitrogens with one attached hydrogen (secondary N) is 2. The zero-order valence-corrected chi connectivity index (χ0v) is 19.6. The van der Waals surface area contributed by atoms with E-state index in [-0.39, 0.29) is 46.1 Å². The number of carbonyl (C=O) groups excluding carboxylic acids is 3. The van der Waals surface area contributed by atoms with Crippen LogP contribution in [0.25, 0.3) is 0 Å². The molecule has 4 N–H and O–H groups in total. The van der Waals surface area contributed by atoms with Gasteiger partial charge in [0.1, 0.15) is 5.69 Å². The molecule has 1 atom stereocenters. The second-order valence-corrected chi connectivity index (χ2v) is 9.23. The van der Waals surface area contributed by atoms with Crippen LogP contribution in [0.15, 0.2) is 18.5 Å². The fourth-order valence-electron chi connectivity index (χ4n) is 4.70. The number of hydrogen-bond donors (Lipinski definition) is 3. The first-order valence-corrected chi connectivity index (χ1v) is 11.8. The van der Waals surface area contributed by atoms with Gasteiger partial charge >= 0.3 is 0 Å². The highest BCUT2D eigenvalue weighted by Gasteiger charge is 2.36. The summed E-state index contributed by atoms with van der Waals surface area (Å²) in [5.74, 6) is -4.13. The molecule has 2 aromatic rings. The minimum Gasteiger partial charge on any atom is -0.376 e. The van der Waals surface area contributed by atoms with Gasteiger partial charge in [0.25, 0.3) is 11.8 Å². The smallest absolute Gasteiger partial charge is 0.273 e. The molecule has 1 aliphatic carbocycles. The third kappa shape index (κ3) is 5.62. The van der Waals surface area contributed by atoms with Crippen LogP contribution in [0.2, 0.25) is 5.02 Å². The van der Waals surface area contributed by atoms with Crippen LogP contribution in [0.1, 0.15) is 59.5 Å². The molecule has 2 heterocycles. The molecule has 35 heavy (non-hydrogen) atoms. The van der Waals surface area contributed by atoms with E-state index in [1.54, 1.807) is 4.90 Å². The number of rotatable bonds is 7. The van der Waals surface area contributed by atoms with Gasteiger partial charge in [-0.15, -0.1) is 0 Å². The van der Waals surface area contributed by atoms with E-state index in [9.17, 15) is 23.2 Å². The lowest BCUT2D eigenvalue weighted by atomic mass is 9.84. The molecule has 4 rings (SSSR count). The number of ether oxygens (including phenoxy) is 1. The quantitative estimate of drug-likeness (QED) is 0.493. The molecule has 9 nitrogen and oxygen atoms in total. The molecule has 1 unspecified atom stereocenters. The third-order valence-corrected chi connectivity index (χ3v) is 6.86. The van der Waals surface area contributed by atoms with E-state index >= 15 is 0 Å². The summed E-state index contributed by atoms with van der Waals surface area (Å²) in [6, 6.07) is 1.48. The van der Waals surface area contributed by atoms with Crippen LogP contribution in [-0.2, 0) is 9.53 Å². The molecule has 1 aliphatic heterocycles.